The number of para-hydroxylation sites is 2. The van der Waals surface area contributed by atoms with E-state index in [0.29, 0.717) is 0 Å². The molecular weight excluding hydrogens is 230 g/mol. The van der Waals surface area contributed by atoms with E-state index in [2.05, 4.69) is 73.0 Å². The fourth-order valence-corrected chi connectivity index (χ4v) is 2.08. The molecule has 0 N–H and O–H groups in total. The summed E-state index contributed by atoms with van der Waals surface area (Å²) in [5.74, 6) is 0. The van der Waals surface area contributed by atoms with Crippen LogP contribution in [0.25, 0.3) is 0 Å². The van der Waals surface area contributed by atoms with Crippen LogP contribution in [0.3, 0.4) is 0 Å². The van der Waals surface area contributed by atoms with E-state index in [1.54, 1.807) is 0 Å². The van der Waals surface area contributed by atoms with Crippen LogP contribution in [0.1, 0.15) is 13.3 Å². The number of allylic oxidation sites excluding steroid dienone is 2. The van der Waals surface area contributed by atoms with E-state index in [1.807, 2.05) is 18.2 Å². The Morgan fingerprint density at radius 1 is 0.947 bits per heavy atom. The smallest absolute Gasteiger partial charge is 0.0461 e. The van der Waals surface area contributed by atoms with E-state index in [1.165, 1.54) is 0 Å². The highest BCUT2D eigenvalue weighted by Crippen LogP contribution is 2.29. The Bertz CT molecular complexity index is 501. The van der Waals surface area contributed by atoms with E-state index in [0.717, 1.165) is 23.5 Å². The quantitative estimate of drug-likeness (QED) is 0.649. The van der Waals surface area contributed by atoms with E-state index in [4.69, 9.17) is 0 Å². The molecule has 0 aliphatic rings. The van der Waals surface area contributed by atoms with E-state index in [9.17, 15) is 0 Å². The summed E-state index contributed by atoms with van der Waals surface area (Å²) < 4.78 is 0. The molecule has 0 saturated carbocycles. The van der Waals surface area contributed by atoms with Crippen molar-refractivity contribution in [1.82, 2.24) is 0 Å². The summed E-state index contributed by atoms with van der Waals surface area (Å²) in [6.07, 6.45) is 5.08. The van der Waals surface area contributed by atoms with Gasteiger partial charge in [-0.1, -0.05) is 56.0 Å². The molecular formula is C18H19N. The molecule has 0 aliphatic carbocycles. The topological polar surface area (TPSA) is 3.24 Å². The van der Waals surface area contributed by atoms with Crippen molar-refractivity contribution in [2.45, 2.75) is 13.3 Å². The lowest BCUT2D eigenvalue weighted by Crippen LogP contribution is -2.14. The van der Waals surface area contributed by atoms with Crippen molar-refractivity contribution < 1.29 is 0 Å². The van der Waals surface area contributed by atoms with Crippen molar-refractivity contribution in [3.63, 3.8) is 0 Å². The number of nitrogens with zero attached hydrogens (tertiary/aromatic N) is 1. The van der Waals surface area contributed by atoms with Crippen LogP contribution in [-0.2, 0) is 0 Å². The summed E-state index contributed by atoms with van der Waals surface area (Å²) >= 11 is 0. The summed E-state index contributed by atoms with van der Waals surface area (Å²) in [7, 11) is 0. The lowest BCUT2D eigenvalue weighted by molar-refractivity contribution is 1.14. The molecule has 0 radical (unpaired) electrons. The lowest BCUT2D eigenvalue weighted by Gasteiger charge is -2.26. The van der Waals surface area contributed by atoms with Gasteiger partial charge in [-0.25, -0.2) is 0 Å². The molecule has 0 atom stereocenters. The monoisotopic (exact) mass is 249 g/mol. The van der Waals surface area contributed by atoms with Crippen LogP contribution in [-0.4, -0.2) is 0 Å². The molecule has 2 aromatic carbocycles. The van der Waals surface area contributed by atoms with E-state index >= 15 is 0 Å². The maximum Gasteiger partial charge on any atom is 0.0461 e. The summed E-state index contributed by atoms with van der Waals surface area (Å²) in [4.78, 5) is 2.22. The molecule has 0 aromatic heterocycles. The molecule has 0 unspecified atom stereocenters. The zero-order valence-electron chi connectivity index (χ0n) is 11.3. The van der Waals surface area contributed by atoms with Gasteiger partial charge in [0.05, 0.1) is 0 Å². The molecule has 96 valence electrons. The van der Waals surface area contributed by atoms with Gasteiger partial charge in [0, 0.05) is 17.1 Å². The van der Waals surface area contributed by atoms with Crippen LogP contribution in [0.15, 0.2) is 85.1 Å². The zero-order chi connectivity index (χ0) is 13.5. The molecule has 2 aromatic rings. The second kappa shape index (κ2) is 6.60. The first-order chi connectivity index (χ1) is 9.36. The minimum Gasteiger partial charge on any atom is -0.311 e. The molecule has 0 spiro atoms. The van der Waals surface area contributed by atoms with Crippen LogP contribution < -0.4 is 4.90 Å². The predicted molar refractivity (Wildman–Crippen MR) is 83.6 cm³/mol. The fraction of sp³-hybridized carbons (Fsp3) is 0.111. The Hall–Kier alpha value is -2.28. The highest BCUT2D eigenvalue weighted by atomic mass is 15.1. The van der Waals surface area contributed by atoms with Crippen LogP contribution in [0.2, 0.25) is 0 Å². The standard InChI is InChI=1S/C18H19N/c1-3-11-16(4-2)19(17-12-7-5-8-13-17)18-14-9-6-10-15-18/h4-15H,2-3H2,1H3/b16-11+. The molecule has 1 heteroatoms. The van der Waals surface area contributed by atoms with Crippen LogP contribution in [0.5, 0.6) is 0 Å². The molecule has 1 nitrogen and oxygen atoms in total. The van der Waals surface area contributed by atoms with Crippen LogP contribution >= 0.6 is 0 Å². The van der Waals surface area contributed by atoms with Gasteiger partial charge in [0.15, 0.2) is 0 Å². The first-order valence-corrected chi connectivity index (χ1v) is 6.59. The maximum absolute atomic E-state index is 3.94. The second-order valence-electron chi connectivity index (χ2n) is 4.25. The average molecular weight is 249 g/mol. The van der Waals surface area contributed by atoms with Crippen molar-refractivity contribution in [3.8, 4) is 0 Å². The second-order valence-corrected chi connectivity index (χ2v) is 4.25. The Morgan fingerprint density at radius 2 is 1.42 bits per heavy atom. The van der Waals surface area contributed by atoms with Gasteiger partial charge in [0.1, 0.15) is 0 Å². The number of rotatable bonds is 5. The fourth-order valence-electron chi connectivity index (χ4n) is 2.08. The molecule has 0 amide bonds. The molecule has 0 fully saturated rings. The largest absolute Gasteiger partial charge is 0.311 e. The first kappa shape index (κ1) is 13.2. The zero-order valence-corrected chi connectivity index (χ0v) is 11.3. The van der Waals surface area contributed by atoms with Gasteiger partial charge in [0.25, 0.3) is 0 Å². The van der Waals surface area contributed by atoms with Gasteiger partial charge in [-0.15, -0.1) is 0 Å². The van der Waals surface area contributed by atoms with Gasteiger partial charge >= 0.3 is 0 Å². The Balaban J connectivity index is 2.51. The van der Waals surface area contributed by atoms with Crippen LogP contribution in [0.4, 0.5) is 11.4 Å². The van der Waals surface area contributed by atoms with Crippen molar-refractivity contribution in [2.75, 3.05) is 4.90 Å². The summed E-state index contributed by atoms with van der Waals surface area (Å²) in [5.41, 5.74) is 3.40. The number of hydrogen-bond acceptors (Lipinski definition) is 1. The van der Waals surface area contributed by atoms with Gasteiger partial charge in [-0.05, 0) is 36.8 Å². The molecule has 19 heavy (non-hydrogen) atoms. The lowest BCUT2D eigenvalue weighted by atomic mass is 10.2. The number of anilines is 2. The molecule has 0 aliphatic heterocycles. The SMILES string of the molecule is C=C/C(=C\CC)N(c1ccccc1)c1ccccc1. The van der Waals surface area contributed by atoms with Gasteiger partial charge in [-0.2, -0.15) is 0 Å². The Kier molecular flexibility index (Phi) is 4.57. The third-order valence-corrected chi connectivity index (χ3v) is 2.91. The summed E-state index contributed by atoms with van der Waals surface area (Å²) in [6.45, 7) is 6.08. The summed E-state index contributed by atoms with van der Waals surface area (Å²) in [5, 5.41) is 0. The molecule has 0 bridgehead atoms. The summed E-state index contributed by atoms with van der Waals surface area (Å²) in [6, 6.07) is 20.7. The minimum atomic E-state index is 0.984. The van der Waals surface area contributed by atoms with Gasteiger partial charge < -0.3 is 4.90 Å². The van der Waals surface area contributed by atoms with Crippen molar-refractivity contribution >= 4 is 11.4 Å². The number of benzene rings is 2. The van der Waals surface area contributed by atoms with Crippen LogP contribution in [0, 0.1) is 0 Å². The van der Waals surface area contributed by atoms with Crippen molar-refractivity contribution in [2.24, 2.45) is 0 Å². The van der Waals surface area contributed by atoms with Crippen molar-refractivity contribution in [1.29, 1.82) is 0 Å². The Morgan fingerprint density at radius 3 is 1.79 bits per heavy atom. The minimum absolute atomic E-state index is 0.984. The number of hydrogen-bond donors (Lipinski definition) is 0. The molecule has 0 saturated heterocycles. The highest BCUT2D eigenvalue weighted by molar-refractivity contribution is 5.69. The normalized spacial score (nSPS) is 11.1. The van der Waals surface area contributed by atoms with E-state index < -0.39 is 0 Å². The van der Waals surface area contributed by atoms with Gasteiger partial charge in [-0.3, -0.25) is 0 Å². The first-order valence-electron chi connectivity index (χ1n) is 6.59. The van der Waals surface area contributed by atoms with Crippen molar-refractivity contribution in [3.05, 3.63) is 85.1 Å². The van der Waals surface area contributed by atoms with Gasteiger partial charge in [0.2, 0.25) is 0 Å². The Labute approximate surface area is 115 Å². The maximum atomic E-state index is 3.94. The predicted octanol–water partition coefficient (Wildman–Crippen LogP) is 5.30. The highest BCUT2D eigenvalue weighted by Gasteiger charge is 2.11. The third-order valence-electron chi connectivity index (χ3n) is 2.91. The molecule has 0 heterocycles. The third kappa shape index (κ3) is 3.14. The average Bonchev–Trinajstić information content (AvgIpc) is 2.49. The molecule has 2 rings (SSSR count). The van der Waals surface area contributed by atoms with E-state index in [-0.39, 0.29) is 0 Å².